The van der Waals surface area contributed by atoms with Crippen LogP contribution < -0.4 is 0 Å². The van der Waals surface area contributed by atoms with E-state index in [1.54, 1.807) is 4.68 Å². The summed E-state index contributed by atoms with van der Waals surface area (Å²) >= 11 is 0. The lowest BCUT2D eigenvalue weighted by molar-refractivity contribution is -0.0486. The summed E-state index contributed by atoms with van der Waals surface area (Å²) in [6.07, 6.45) is 2.89. The molecular weight excluding hydrogens is 202 g/mol. The molecule has 0 aliphatic heterocycles. The summed E-state index contributed by atoms with van der Waals surface area (Å²) in [5.74, 6) is 0. The third kappa shape index (κ3) is 5.26. The first-order valence-corrected chi connectivity index (χ1v) is 5.69. The number of aromatic nitrogens is 3. The van der Waals surface area contributed by atoms with E-state index in [0.717, 1.165) is 12.1 Å². The first-order valence-electron chi connectivity index (χ1n) is 5.69. The fourth-order valence-corrected chi connectivity index (χ4v) is 1.29. The maximum Gasteiger partial charge on any atom is 0.141 e. The van der Waals surface area contributed by atoms with Crippen LogP contribution in [0.2, 0.25) is 0 Å². The second-order valence-corrected chi connectivity index (χ2v) is 6.37. The Bertz CT molecular complexity index is 331. The predicted octanol–water partition coefficient (Wildman–Crippen LogP) is 2.64. The van der Waals surface area contributed by atoms with E-state index < -0.39 is 0 Å². The molecule has 0 aliphatic carbocycles. The van der Waals surface area contributed by atoms with Crippen LogP contribution in [0.25, 0.3) is 0 Å². The number of nitrogens with zero attached hydrogens (tertiary/aromatic N) is 3. The molecule has 92 valence electrons. The zero-order chi connectivity index (χ0) is 12.4. The molecule has 0 spiro atoms. The van der Waals surface area contributed by atoms with Crippen LogP contribution >= 0.6 is 0 Å². The molecule has 16 heavy (non-hydrogen) atoms. The summed E-state index contributed by atoms with van der Waals surface area (Å²) in [6, 6.07) is 0. The highest BCUT2D eigenvalue weighted by Gasteiger charge is 2.15. The molecule has 1 rings (SSSR count). The van der Waals surface area contributed by atoms with Crippen LogP contribution in [0.15, 0.2) is 6.20 Å². The molecule has 0 unspecified atom stereocenters. The predicted molar refractivity (Wildman–Crippen MR) is 64.0 cm³/mol. The van der Waals surface area contributed by atoms with E-state index in [-0.39, 0.29) is 11.0 Å². The van der Waals surface area contributed by atoms with E-state index in [4.69, 9.17) is 4.74 Å². The van der Waals surface area contributed by atoms with E-state index in [1.807, 2.05) is 27.0 Å². The lowest BCUT2D eigenvalue weighted by Crippen LogP contribution is -2.21. The maximum atomic E-state index is 5.62. The molecule has 1 aromatic rings. The summed E-state index contributed by atoms with van der Waals surface area (Å²) < 4.78 is 7.36. The SMILES string of the molecule is CC(C)(C)Cc1cn(COC(C)(C)C)nn1. The van der Waals surface area contributed by atoms with Gasteiger partial charge in [0.1, 0.15) is 6.73 Å². The molecule has 4 nitrogen and oxygen atoms in total. The quantitative estimate of drug-likeness (QED) is 0.794. The third-order valence-corrected chi connectivity index (χ3v) is 1.93. The van der Waals surface area contributed by atoms with Gasteiger partial charge in [0, 0.05) is 0 Å². The van der Waals surface area contributed by atoms with Crippen LogP contribution in [0.5, 0.6) is 0 Å². The van der Waals surface area contributed by atoms with Crippen molar-refractivity contribution in [3.05, 3.63) is 11.9 Å². The normalized spacial score (nSPS) is 13.1. The number of hydrogen-bond donors (Lipinski definition) is 0. The average molecular weight is 225 g/mol. The van der Waals surface area contributed by atoms with Crippen LogP contribution in [0.1, 0.15) is 47.2 Å². The summed E-state index contributed by atoms with van der Waals surface area (Å²) in [5.41, 5.74) is 1.12. The Hall–Kier alpha value is -0.900. The second-order valence-electron chi connectivity index (χ2n) is 6.37. The highest BCUT2D eigenvalue weighted by Crippen LogP contribution is 2.18. The van der Waals surface area contributed by atoms with E-state index in [2.05, 4.69) is 31.1 Å². The van der Waals surface area contributed by atoms with Gasteiger partial charge >= 0.3 is 0 Å². The monoisotopic (exact) mass is 225 g/mol. The highest BCUT2D eigenvalue weighted by molar-refractivity contribution is 4.95. The van der Waals surface area contributed by atoms with Crippen molar-refractivity contribution < 1.29 is 4.74 Å². The largest absolute Gasteiger partial charge is 0.354 e. The van der Waals surface area contributed by atoms with Gasteiger partial charge in [-0.1, -0.05) is 26.0 Å². The molecular formula is C12H23N3O. The summed E-state index contributed by atoms with van der Waals surface area (Å²) in [7, 11) is 0. The lowest BCUT2D eigenvalue weighted by Gasteiger charge is -2.18. The fraction of sp³-hybridized carbons (Fsp3) is 0.833. The van der Waals surface area contributed by atoms with Crippen molar-refractivity contribution in [3.8, 4) is 0 Å². The van der Waals surface area contributed by atoms with Gasteiger partial charge in [-0.2, -0.15) is 0 Å². The van der Waals surface area contributed by atoms with Crippen molar-refractivity contribution in [2.45, 2.75) is 60.3 Å². The lowest BCUT2D eigenvalue weighted by atomic mass is 9.91. The van der Waals surface area contributed by atoms with Crippen molar-refractivity contribution >= 4 is 0 Å². The zero-order valence-corrected chi connectivity index (χ0v) is 11.2. The van der Waals surface area contributed by atoms with E-state index in [1.165, 1.54) is 0 Å². The van der Waals surface area contributed by atoms with Crippen molar-refractivity contribution in [1.82, 2.24) is 15.0 Å². The minimum atomic E-state index is -0.143. The van der Waals surface area contributed by atoms with Crippen LogP contribution in [0.3, 0.4) is 0 Å². The Balaban J connectivity index is 2.52. The summed E-state index contributed by atoms with van der Waals surface area (Å²) in [6.45, 7) is 13.1. The van der Waals surface area contributed by atoms with Gasteiger partial charge in [-0.05, 0) is 32.6 Å². The highest BCUT2D eigenvalue weighted by atomic mass is 16.5. The van der Waals surface area contributed by atoms with Crippen LogP contribution in [-0.4, -0.2) is 20.6 Å². The number of rotatable bonds is 3. The van der Waals surface area contributed by atoms with Gasteiger partial charge in [0.05, 0.1) is 17.5 Å². The molecule has 0 amide bonds. The third-order valence-electron chi connectivity index (χ3n) is 1.93. The molecule has 1 heterocycles. The van der Waals surface area contributed by atoms with Crippen molar-refractivity contribution in [2.24, 2.45) is 5.41 Å². The molecule has 4 heteroatoms. The van der Waals surface area contributed by atoms with Gasteiger partial charge in [0.15, 0.2) is 0 Å². The Morgan fingerprint density at radius 1 is 1.19 bits per heavy atom. The van der Waals surface area contributed by atoms with Gasteiger partial charge in [0.2, 0.25) is 0 Å². The molecule has 0 saturated carbocycles. The van der Waals surface area contributed by atoms with E-state index in [9.17, 15) is 0 Å². The molecule has 0 aliphatic rings. The Morgan fingerprint density at radius 3 is 2.31 bits per heavy atom. The van der Waals surface area contributed by atoms with Crippen LogP contribution in [0.4, 0.5) is 0 Å². The molecule has 0 fully saturated rings. The number of ether oxygens (including phenoxy) is 1. The fourth-order valence-electron chi connectivity index (χ4n) is 1.29. The topological polar surface area (TPSA) is 39.9 Å². The molecule has 0 N–H and O–H groups in total. The van der Waals surface area contributed by atoms with Gasteiger partial charge in [-0.15, -0.1) is 5.10 Å². The summed E-state index contributed by atoms with van der Waals surface area (Å²) in [4.78, 5) is 0. The van der Waals surface area contributed by atoms with Gasteiger partial charge in [-0.3, -0.25) is 0 Å². The van der Waals surface area contributed by atoms with Crippen LogP contribution in [0, 0.1) is 5.41 Å². The molecule has 1 aromatic heterocycles. The van der Waals surface area contributed by atoms with Crippen molar-refractivity contribution in [1.29, 1.82) is 0 Å². The molecule has 0 aromatic carbocycles. The number of hydrogen-bond acceptors (Lipinski definition) is 3. The zero-order valence-electron chi connectivity index (χ0n) is 11.2. The minimum Gasteiger partial charge on any atom is -0.354 e. The van der Waals surface area contributed by atoms with E-state index in [0.29, 0.717) is 6.73 Å². The molecule has 0 saturated heterocycles. The maximum absolute atomic E-state index is 5.62. The Morgan fingerprint density at radius 2 is 1.81 bits per heavy atom. The molecule has 0 radical (unpaired) electrons. The first-order chi connectivity index (χ1) is 7.16. The second kappa shape index (κ2) is 4.53. The average Bonchev–Trinajstić information content (AvgIpc) is 2.44. The smallest absolute Gasteiger partial charge is 0.141 e. The standard InChI is InChI=1S/C12H23N3O/c1-11(2,3)7-10-8-15(14-13-10)9-16-12(4,5)6/h8H,7,9H2,1-6H3. The van der Waals surface area contributed by atoms with Gasteiger partial charge < -0.3 is 4.74 Å². The molecule has 0 bridgehead atoms. The van der Waals surface area contributed by atoms with Crippen LogP contribution in [-0.2, 0) is 17.9 Å². The minimum absolute atomic E-state index is 0.143. The first kappa shape index (κ1) is 13.2. The van der Waals surface area contributed by atoms with Crippen molar-refractivity contribution in [3.63, 3.8) is 0 Å². The Labute approximate surface area is 98.0 Å². The van der Waals surface area contributed by atoms with Gasteiger partial charge in [0.25, 0.3) is 0 Å². The van der Waals surface area contributed by atoms with Crippen molar-refractivity contribution in [2.75, 3.05) is 0 Å². The van der Waals surface area contributed by atoms with Gasteiger partial charge in [-0.25, -0.2) is 4.68 Å². The Kier molecular flexibility index (Phi) is 3.73. The molecule has 0 atom stereocenters. The summed E-state index contributed by atoms with van der Waals surface area (Å²) in [5, 5.41) is 8.18. The van der Waals surface area contributed by atoms with E-state index >= 15 is 0 Å².